The molecule has 128 valence electrons. The van der Waals surface area contributed by atoms with Crippen molar-refractivity contribution < 1.29 is 18.6 Å². The zero-order chi connectivity index (χ0) is 17.9. The Balaban J connectivity index is 1.79. The van der Waals surface area contributed by atoms with Gasteiger partial charge in [-0.15, -0.1) is 0 Å². The predicted molar refractivity (Wildman–Crippen MR) is 95.1 cm³/mol. The molecule has 25 heavy (non-hydrogen) atoms. The molecule has 3 aromatic carbocycles. The molecule has 0 heterocycles. The number of aromatic hydroxyl groups is 1. The van der Waals surface area contributed by atoms with Crippen molar-refractivity contribution in [3.63, 3.8) is 0 Å². The first-order valence-electron chi connectivity index (χ1n) is 7.83. The van der Waals surface area contributed by atoms with Crippen LogP contribution in [-0.2, 0) is 16.3 Å². The molecule has 4 nitrogen and oxygen atoms in total. The van der Waals surface area contributed by atoms with E-state index in [4.69, 9.17) is 0 Å². The van der Waals surface area contributed by atoms with Crippen molar-refractivity contribution in [3.05, 3.63) is 90.0 Å². The van der Waals surface area contributed by atoms with Gasteiger partial charge in [-0.25, -0.2) is 8.42 Å². The molecule has 3 aromatic rings. The van der Waals surface area contributed by atoms with E-state index in [-0.39, 0.29) is 15.5 Å². The Bertz CT molecular complexity index is 931. The molecule has 0 saturated carbocycles. The molecule has 3 rings (SSSR count). The van der Waals surface area contributed by atoms with Gasteiger partial charge in [0.2, 0.25) is 9.84 Å². The fourth-order valence-corrected chi connectivity index (χ4v) is 3.84. The molecule has 2 N–H and O–H groups in total. The third-order valence-corrected chi connectivity index (χ3v) is 5.78. The highest BCUT2D eigenvalue weighted by Crippen LogP contribution is 2.24. The third kappa shape index (κ3) is 3.90. The number of benzene rings is 3. The van der Waals surface area contributed by atoms with E-state index in [0.717, 1.165) is 11.1 Å². The maximum atomic E-state index is 12.6. The summed E-state index contributed by atoms with van der Waals surface area (Å²) in [4.78, 5) is 0.304. The lowest BCUT2D eigenvalue weighted by atomic mass is 10.0. The molecule has 1 unspecified atom stereocenters. The molecule has 0 aromatic heterocycles. The van der Waals surface area contributed by atoms with Crippen molar-refractivity contribution in [1.29, 1.82) is 0 Å². The maximum Gasteiger partial charge on any atom is 0.206 e. The van der Waals surface area contributed by atoms with Gasteiger partial charge in [0, 0.05) is 6.42 Å². The van der Waals surface area contributed by atoms with Crippen LogP contribution in [0.1, 0.15) is 17.2 Å². The van der Waals surface area contributed by atoms with E-state index in [1.54, 1.807) is 12.1 Å². The molecule has 5 heteroatoms. The highest BCUT2D eigenvalue weighted by Gasteiger charge is 2.17. The second kappa shape index (κ2) is 7.09. The van der Waals surface area contributed by atoms with Crippen LogP contribution in [0.5, 0.6) is 5.75 Å². The monoisotopic (exact) mass is 354 g/mol. The standard InChI is InChI=1S/C20H18O4S/c21-17-8-12-19(13-9-17)25(23,24)18-10-6-15(7-11-18)14-20(22)16-4-2-1-3-5-16/h1-13,20-22H,14H2. The topological polar surface area (TPSA) is 74.6 Å². The predicted octanol–water partition coefficient (Wildman–Crippen LogP) is 3.50. The lowest BCUT2D eigenvalue weighted by Gasteiger charge is -2.11. The molecule has 1 atom stereocenters. The number of hydrogen-bond donors (Lipinski definition) is 2. The second-order valence-electron chi connectivity index (χ2n) is 5.77. The third-order valence-electron chi connectivity index (χ3n) is 3.99. The summed E-state index contributed by atoms with van der Waals surface area (Å²) in [5.74, 6) is 0.0178. The minimum absolute atomic E-state index is 0.0178. The van der Waals surface area contributed by atoms with Crippen LogP contribution < -0.4 is 0 Å². The van der Waals surface area contributed by atoms with Crippen LogP contribution >= 0.6 is 0 Å². The lowest BCUT2D eigenvalue weighted by molar-refractivity contribution is 0.178. The summed E-state index contributed by atoms with van der Waals surface area (Å²) in [5.41, 5.74) is 1.67. The number of phenols is 1. The van der Waals surface area contributed by atoms with Crippen LogP contribution in [0.3, 0.4) is 0 Å². The maximum absolute atomic E-state index is 12.6. The van der Waals surface area contributed by atoms with E-state index in [2.05, 4.69) is 0 Å². The Morgan fingerprint density at radius 2 is 1.28 bits per heavy atom. The van der Waals surface area contributed by atoms with E-state index in [0.29, 0.717) is 6.42 Å². The van der Waals surface area contributed by atoms with Gasteiger partial charge in [0.1, 0.15) is 5.75 Å². The molecule has 0 bridgehead atoms. The van der Waals surface area contributed by atoms with Crippen molar-refractivity contribution in [2.24, 2.45) is 0 Å². The average Bonchev–Trinajstić information content (AvgIpc) is 2.63. The Morgan fingerprint density at radius 1 is 0.760 bits per heavy atom. The Kier molecular flexibility index (Phi) is 4.88. The lowest BCUT2D eigenvalue weighted by Crippen LogP contribution is -2.04. The van der Waals surface area contributed by atoms with Gasteiger partial charge in [-0.3, -0.25) is 0 Å². The fraction of sp³-hybridized carbons (Fsp3) is 0.100. The molecule has 0 aliphatic rings. The van der Waals surface area contributed by atoms with Gasteiger partial charge in [-0.2, -0.15) is 0 Å². The van der Waals surface area contributed by atoms with Crippen LogP contribution in [0.4, 0.5) is 0 Å². The smallest absolute Gasteiger partial charge is 0.206 e. The normalized spacial score (nSPS) is 12.7. The molecule has 0 fully saturated rings. The number of phenolic OH excluding ortho intramolecular Hbond substituents is 1. The van der Waals surface area contributed by atoms with E-state index in [1.165, 1.54) is 36.4 Å². The summed E-state index contributed by atoms with van der Waals surface area (Å²) < 4.78 is 25.1. The number of hydrogen-bond acceptors (Lipinski definition) is 4. The molecule has 0 amide bonds. The van der Waals surface area contributed by atoms with Gasteiger partial charge in [-0.05, 0) is 47.5 Å². The van der Waals surface area contributed by atoms with Crippen molar-refractivity contribution in [2.45, 2.75) is 22.3 Å². The van der Waals surface area contributed by atoms with E-state index in [9.17, 15) is 18.6 Å². The minimum Gasteiger partial charge on any atom is -0.508 e. The summed E-state index contributed by atoms with van der Waals surface area (Å²) in [7, 11) is -3.63. The summed E-state index contributed by atoms with van der Waals surface area (Å²) in [5, 5.41) is 19.6. The molecule has 0 radical (unpaired) electrons. The van der Waals surface area contributed by atoms with E-state index < -0.39 is 15.9 Å². The van der Waals surface area contributed by atoms with Gasteiger partial charge in [0.05, 0.1) is 15.9 Å². The molecular weight excluding hydrogens is 336 g/mol. The van der Waals surface area contributed by atoms with Gasteiger partial charge < -0.3 is 10.2 Å². The second-order valence-corrected chi connectivity index (χ2v) is 7.72. The number of sulfone groups is 1. The van der Waals surface area contributed by atoms with Crippen LogP contribution in [0.2, 0.25) is 0 Å². The zero-order valence-electron chi connectivity index (χ0n) is 13.4. The quantitative estimate of drug-likeness (QED) is 0.735. The van der Waals surface area contributed by atoms with Crippen molar-refractivity contribution in [3.8, 4) is 5.75 Å². The first kappa shape index (κ1) is 17.2. The van der Waals surface area contributed by atoms with Gasteiger partial charge in [-0.1, -0.05) is 42.5 Å². The van der Waals surface area contributed by atoms with Crippen LogP contribution in [0.25, 0.3) is 0 Å². The average molecular weight is 354 g/mol. The van der Waals surface area contributed by atoms with Gasteiger partial charge >= 0.3 is 0 Å². The largest absolute Gasteiger partial charge is 0.508 e. The number of rotatable bonds is 5. The van der Waals surface area contributed by atoms with Crippen LogP contribution in [0.15, 0.2) is 88.7 Å². The Morgan fingerprint density at radius 3 is 1.84 bits per heavy atom. The SMILES string of the molecule is O=S(=O)(c1ccc(O)cc1)c1ccc(CC(O)c2ccccc2)cc1. The van der Waals surface area contributed by atoms with Crippen molar-refractivity contribution >= 4 is 9.84 Å². The van der Waals surface area contributed by atoms with Gasteiger partial charge in [0.15, 0.2) is 0 Å². The fourth-order valence-electron chi connectivity index (χ4n) is 2.58. The summed E-state index contributed by atoms with van der Waals surface area (Å²) in [6, 6.07) is 21.3. The van der Waals surface area contributed by atoms with Crippen molar-refractivity contribution in [2.75, 3.05) is 0 Å². The van der Waals surface area contributed by atoms with Crippen LogP contribution in [0, 0.1) is 0 Å². The number of aliphatic hydroxyl groups excluding tert-OH is 1. The zero-order valence-corrected chi connectivity index (χ0v) is 14.2. The van der Waals surface area contributed by atoms with E-state index >= 15 is 0 Å². The number of aliphatic hydroxyl groups is 1. The minimum atomic E-state index is -3.63. The summed E-state index contributed by atoms with van der Waals surface area (Å²) in [6.07, 6.45) is -0.232. The molecule has 0 aliphatic heterocycles. The summed E-state index contributed by atoms with van der Waals surface area (Å²) >= 11 is 0. The highest BCUT2D eigenvalue weighted by atomic mass is 32.2. The molecular formula is C20H18O4S. The summed E-state index contributed by atoms with van der Waals surface area (Å²) in [6.45, 7) is 0. The first-order valence-corrected chi connectivity index (χ1v) is 9.31. The molecule has 0 aliphatic carbocycles. The molecule has 0 spiro atoms. The Labute approximate surface area is 146 Å². The first-order chi connectivity index (χ1) is 12.0. The highest BCUT2D eigenvalue weighted by molar-refractivity contribution is 7.91. The van der Waals surface area contributed by atoms with Crippen LogP contribution in [-0.4, -0.2) is 18.6 Å². The van der Waals surface area contributed by atoms with Gasteiger partial charge in [0.25, 0.3) is 0 Å². The van der Waals surface area contributed by atoms with E-state index in [1.807, 2.05) is 30.3 Å². The van der Waals surface area contributed by atoms with Crippen molar-refractivity contribution in [1.82, 2.24) is 0 Å². The Hall–Kier alpha value is -2.63. The molecule has 0 saturated heterocycles.